The van der Waals surface area contributed by atoms with Crippen molar-refractivity contribution in [1.29, 1.82) is 5.26 Å². The molecule has 3 aromatic rings. The summed E-state index contributed by atoms with van der Waals surface area (Å²) in [6.45, 7) is 5.83. The molecule has 2 aromatic heterocycles. The third-order valence-electron chi connectivity index (χ3n) is 6.92. The summed E-state index contributed by atoms with van der Waals surface area (Å²) in [6.07, 6.45) is 0. The van der Waals surface area contributed by atoms with Gasteiger partial charge in [0, 0.05) is 45.3 Å². The van der Waals surface area contributed by atoms with Crippen molar-refractivity contribution in [3.05, 3.63) is 69.9 Å². The van der Waals surface area contributed by atoms with E-state index in [9.17, 15) is 14.4 Å². The SMILES string of the molecule is C[C@@H]1[C@H]2CN(Cc3ccc(F)cc3)C[C@H]2CN1c1cc(=O)n(C)c2ccc(C#N)nc12. The van der Waals surface area contributed by atoms with E-state index in [4.69, 9.17) is 0 Å². The van der Waals surface area contributed by atoms with Crippen molar-refractivity contribution < 1.29 is 4.39 Å². The van der Waals surface area contributed by atoms with Crippen LogP contribution in [0.25, 0.3) is 11.0 Å². The van der Waals surface area contributed by atoms with Crippen LogP contribution in [0, 0.1) is 29.0 Å². The molecular weight excluding hydrogens is 393 g/mol. The van der Waals surface area contributed by atoms with Gasteiger partial charge in [-0.2, -0.15) is 5.26 Å². The molecule has 158 valence electrons. The van der Waals surface area contributed by atoms with Crippen molar-refractivity contribution in [2.45, 2.75) is 19.5 Å². The summed E-state index contributed by atoms with van der Waals surface area (Å²) in [4.78, 5) is 21.9. The van der Waals surface area contributed by atoms with Gasteiger partial charge in [-0.3, -0.25) is 9.69 Å². The average molecular weight is 417 g/mol. The lowest BCUT2D eigenvalue weighted by Crippen LogP contribution is -2.35. The fourth-order valence-corrected chi connectivity index (χ4v) is 5.27. The number of fused-ring (bicyclic) bond motifs is 2. The minimum absolute atomic E-state index is 0.0730. The molecule has 0 spiro atoms. The summed E-state index contributed by atoms with van der Waals surface area (Å²) in [5, 5.41) is 9.30. The number of anilines is 1. The molecule has 2 saturated heterocycles. The highest BCUT2D eigenvalue weighted by atomic mass is 19.1. The molecule has 2 aliphatic rings. The first-order valence-electron chi connectivity index (χ1n) is 10.6. The number of nitriles is 1. The predicted octanol–water partition coefficient (Wildman–Crippen LogP) is 2.90. The minimum Gasteiger partial charge on any atom is -0.366 e. The van der Waals surface area contributed by atoms with Gasteiger partial charge >= 0.3 is 0 Å². The number of likely N-dealkylation sites (tertiary alicyclic amines) is 1. The summed E-state index contributed by atoms with van der Waals surface area (Å²) in [6, 6.07) is 14.2. The van der Waals surface area contributed by atoms with Gasteiger partial charge in [-0.25, -0.2) is 9.37 Å². The highest BCUT2D eigenvalue weighted by molar-refractivity contribution is 5.89. The zero-order valence-electron chi connectivity index (χ0n) is 17.6. The molecule has 0 unspecified atom stereocenters. The Morgan fingerprint density at radius 3 is 2.65 bits per heavy atom. The van der Waals surface area contributed by atoms with Crippen molar-refractivity contribution in [3.63, 3.8) is 0 Å². The van der Waals surface area contributed by atoms with E-state index in [2.05, 4.69) is 27.8 Å². The fourth-order valence-electron chi connectivity index (χ4n) is 5.27. The number of aromatic nitrogens is 2. The lowest BCUT2D eigenvalue weighted by atomic mass is 9.95. The summed E-state index contributed by atoms with van der Waals surface area (Å²) in [7, 11) is 1.73. The molecule has 2 fully saturated rings. The van der Waals surface area contributed by atoms with Crippen LogP contribution in [0.4, 0.5) is 10.1 Å². The minimum atomic E-state index is -0.208. The van der Waals surface area contributed by atoms with Crippen LogP contribution < -0.4 is 10.5 Å². The Balaban J connectivity index is 1.41. The van der Waals surface area contributed by atoms with Crippen molar-refractivity contribution >= 4 is 16.7 Å². The third kappa shape index (κ3) is 3.37. The molecule has 7 heteroatoms. The largest absolute Gasteiger partial charge is 0.366 e. The van der Waals surface area contributed by atoms with Gasteiger partial charge < -0.3 is 9.47 Å². The monoisotopic (exact) mass is 417 g/mol. The maximum absolute atomic E-state index is 13.2. The Hall–Kier alpha value is -3.24. The highest BCUT2D eigenvalue weighted by Gasteiger charge is 2.45. The van der Waals surface area contributed by atoms with Crippen molar-refractivity contribution in [1.82, 2.24) is 14.5 Å². The number of nitrogens with zero attached hydrogens (tertiary/aromatic N) is 5. The average Bonchev–Trinajstić information content (AvgIpc) is 3.30. The molecule has 31 heavy (non-hydrogen) atoms. The van der Waals surface area contributed by atoms with E-state index in [0.717, 1.165) is 42.9 Å². The zero-order valence-corrected chi connectivity index (χ0v) is 17.6. The smallest absolute Gasteiger partial charge is 0.252 e. The Labute approximate surface area is 180 Å². The Kier molecular flexibility index (Phi) is 4.75. The number of halogens is 1. The maximum atomic E-state index is 13.2. The van der Waals surface area contributed by atoms with E-state index in [1.54, 1.807) is 29.8 Å². The van der Waals surface area contributed by atoms with Crippen LogP contribution in [0.2, 0.25) is 0 Å². The van der Waals surface area contributed by atoms with Crippen LogP contribution in [0.15, 0.2) is 47.3 Å². The summed E-state index contributed by atoms with van der Waals surface area (Å²) in [5.41, 5.74) is 3.67. The molecule has 4 heterocycles. The predicted molar refractivity (Wildman–Crippen MR) is 117 cm³/mol. The molecule has 0 amide bonds. The molecule has 0 bridgehead atoms. The van der Waals surface area contributed by atoms with Crippen LogP contribution in [-0.4, -0.2) is 40.1 Å². The molecule has 0 saturated carbocycles. The number of hydrogen-bond donors (Lipinski definition) is 0. The van der Waals surface area contributed by atoms with E-state index in [1.807, 2.05) is 12.1 Å². The summed E-state index contributed by atoms with van der Waals surface area (Å²) < 4.78 is 14.8. The molecule has 0 N–H and O–H groups in total. The first kappa shape index (κ1) is 19.7. The molecule has 5 rings (SSSR count). The van der Waals surface area contributed by atoms with Crippen LogP contribution in [0.1, 0.15) is 18.2 Å². The molecule has 2 aliphatic heterocycles. The van der Waals surface area contributed by atoms with Gasteiger partial charge in [0.1, 0.15) is 23.1 Å². The number of hydrogen-bond acceptors (Lipinski definition) is 5. The lowest BCUT2D eigenvalue weighted by molar-refractivity contribution is 0.302. The molecule has 0 radical (unpaired) electrons. The maximum Gasteiger partial charge on any atom is 0.252 e. The topological polar surface area (TPSA) is 65.2 Å². The van der Waals surface area contributed by atoms with Gasteiger partial charge in [-0.05, 0) is 48.6 Å². The number of pyridine rings is 2. The van der Waals surface area contributed by atoms with Gasteiger partial charge in [0.15, 0.2) is 0 Å². The molecule has 3 atom stereocenters. The van der Waals surface area contributed by atoms with Crippen LogP contribution in [-0.2, 0) is 13.6 Å². The number of rotatable bonds is 3. The van der Waals surface area contributed by atoms with E-state index in [-0.39, 0.29) is 17.4 Å². The Bertz CT molecular complexity index is 1250. The Morgan fingerprint density at radius 2 is 1.94 bits per heavy atom. The highest BCUT2D eigenvalue weighted by Crippen LogP contribution is 2.40. The zero-order chi connectivity index (χ0) is 21.7. The molecular formula is C24H24FN5O. The molecule has 0 aliphatic carbocycles. The van der Waals surface area contributed by atoms with Gasteiger partial charge in [0.25, 0.3) is 5.56 Å². The number of aryl methyl sites for hydroxylation is 1. The normalized spacial score (nSPS) is 23.3. The van der Waals surface area contributed by atoms with Crippen LogP contribution in [0.3, 0.4) is 0 Å². The van der Waals surface area contributed by atoms with Crippen LogP contribution in [0.5, 0.6) is 0 Å². The second-order valence-electron chi connectivity index (χ2n) is 8.74. The van der Waals surface area contributed by atoms with Crippen LogP contribution >= 0.6 is 0 Å². The van der Waals surface area contributed by atoms with E-state index in [1.165, 1.54) is 12.1 Å². The second-order valence-corrected chi connectivity index (χ2v) is 8.74. The third-order valence-corrected chi connectivity index (χ3v) is 6.92. The molecule has 1 aromatic carbocycles. The van der Waals surface area contributed by atoms with Crippen molar-refractivity contribution in [2.24, 2.45) is 18.9 Å². The van der Waals surface area contributed by atoms with Gasteiger partial charge in [-0.1, -0.05) is 12.1 Å². The first-order valence-corrected chi connectivity index (χ1v) is 10.6. The van der Waals surface area contributed by atoms with Gasteiger partial charge in [-0.15, -0.1) is 0 Å². The van der Waals surface area contributed by atoms with Gasteiger partial charge in [0.2, 0.25) is 0 Å². The first-order chi connectivity index (χ1) is 14.9. The van der Waals surface area contributed by atoms with E-state index in [0.29, 0.717) is 23.0 Å². The lowest BCUT2D eigenvalue weighted by Gasteiger charge is -2.29. The Morgan fingerprint density at radius 1 is 1.16 bits per heavy atom. The van der Waals surface area contributed by atoms with Crippen molar-refractivity contribution in [2.75, 3.05) is 24.5 Å². The van der Waals surface area contributed by atoms with E-state index < -0.39 is 0 Å². The second kappa shape index (κ2) is 7.47. The standard InChI is InChI=1S/C24H24FN5O/c1-15-20-14-29(11-16-3-5-18(25)6-4-16)12-17(20)13-30(15)22-9-23(31)28(2)21-8-7-19(10-26)27-24(21)22/h3-9,15,17,20H,11-14H2,1-2H3/t15-,17+,20-/m1/s1. The summed E-state index contributed by atoms with van der Waals surface area (Å²) >= 11 is 0. The van der Waals surface area contributed by atoms with Crippen molar-refractivity contribution in [3.8, 4) is 6.07 Å². The summed E-state index contributed by atoms with van der Waals surface area (Å²) in [5.74, 6) is 0.771. The van der Waals surface area contributed by atoms with Gasteiger partial charge in [0.05, 0.1) is 11.2 Å². The van der Waals surface area contributed by atoms with E-state index >= 15 is 0 Å². The molecule has 6 nitrogen and oxygen atoms in total. The quantitative estimate of drug-likeness (QED) is 0.656. The number of benzene rings is 1. The fraction of sp³-hybridized carbons (Fsp3) is 0.375.